The van der Waals surface area contributed by atoms with Gasteiger partial charge in [0.1, 0.15) is 11.3 Å². The van der Waals surface area contributed by atoms with Crippen molar-refractivity contribution in [1.82, 2.24) is 19.8 Å². The number of amides is 1. The lowest BCUT2D eigenvalue weighted by Gasteiger charge is -2.10. The Morgan fingerprint density at radius 2 is 1.85 bits per heavy atom. The van der Waals surface area contributed by atoms with E-state index in [1.807, 2.05) is 24.3 Å². The molecule has 2 aromatic carbocycles. The van der Waals surface area contributed by atoms with E-state index in [9.17, 15) is 4.79 Å². The molecule has 8 nitrogen and oxygen atoms in total. The van der Waals surface area contributed by atoms with Crippen molar-refractivity contribution < 1.29 is 14.3 Å². The lowest BCUT2D eigenvalue weighted by Crippen LogP contribution is -2.12. The lowest BCUT2D eigenvalue weighted by molar-refractivity contribution is 0.102. The molecule has 1 N–H and O–H groups in total. The molecule has 0 saturated carbocycles. The molecule has 0 spiro atoms. The minimum Gasteiger partial charge on any atom is -0.493 e. The lowest BCUT2D eigenvalue weighted by atomic mass is 10.1. The van der Waals surface area contributed by atoms with Crippen LogP contribution in [0.3, 0.4) is 0 Å². The Kier molecular flexibility index (Phi) is 4.43. The van der Waals surface area contributed by atoms with Crippen LogP contribution < -0.4 is 14.8 Å². The molecule has 0 unspecified atom stereocenters. The van der Waals surface area contributed by atoms with E-state index in [1.54, 1.807) is 36.2 Å². The van der Waals surface area contributed by atoms with E-state index in [0.717, 1.165) is 15.5 Å². The maximum absolute atomic E-state index is 12.5. The standard InChI is InChI=1S/C18H15N5O3S/c1-25-14-8-5-12(9-15(14)26-2)16(24)20-13-6-3-11(4-7-13)17-22-23-10-19-21-18(23)27-17/h3-10H,1-2H3,(H,20,24). The molecule has 0 atom stereocenters. The molecule has 0 saturated heterocycles. The van der Waals surface area contributed by atoms with Crippen molar-refractivity contribution in [2.45, 2.75) is 0 Å². The first-order valence-corrected chi connectivity index (χ1v) is 8.80. The predicted octanol–water partition coefficient (Wildman–Crippen LogP) is 3.12. The van der Waals surface area contributed by atoms with Gasteiger partial charge in [0.05, 0.1) is 14.2 Å². The third-order valence-electron chi connectivity index (χ3n) is 3.92. The zero-order valence-corrected chi connectivity index (χ0v) is 15.4. The average molecular weight is 381 g/mol. The monoisotopic (exact) mass is 381 g/mol. The van der Waals surface area contributed by atoms with Gasteiger partial charge >= 0.3 is 0 Å². The highest BCUT2D eigenvalue weighted by molar-refractivity contribution is 7.19. The molecular formula is C18H15N5O3S. The maximum atomic E-state index is 12.5. The summed E-state index contributed by atoms with van der Waals surface area (Å²) in [6.07, 6.45) is 1.56. The zero-order valence-electron chi connectivity index (χ0n) is 14.5. The van der Waals surface area contributed by atoms with Crippen LogP contribution in [0.1, 0.15) is 10.4 Å². The van der Waals surface area contributed by atoms with Gasteiger partial charge in [-0.1, -0.05) is 11.3 Å². The number of aromatic nitrogens is 4. The first kappa shape index (κ1) is 17.0. The quantitative estimate of drug-likeness (QED) is 0.571. The Morgan fingerprint density at radius 1 is 1.07 bits per heavy atom. The molecular weight excluding hydrogens is 366 g/mol. The van der Waals surface area contributed by atoms with E-state index in [0.29, 0.717) is 22.7 Å². The summed E-state index contributed by atoms with van der Waals surface area (Å²) in [5, 5.41) is 15.9. The zero-order chi connectivity index (χ0) is 18.8. The van der Waals surface area contributed by atoms with Crippen molar-refractivity contribution in [1.29, 1.82) is 0 Å². The molecule has 0 fully saturated rings. The van der Waals surface area contributed by atoms with Gasteiger partial charge < -0.3 is 14.8 Å². The van der Waals surface area contributed by atoms with Crippen molar-refractivity contribution >= 4 is 27.9 Å². The summed E-state index contributed by atoms with van der Waals surface area (Å²) >= 11 is 1.45. The summed E-state index contributed by atoms with van der Waals surface area (Å²) in [6, 6.07) is 12.5. The van der Waals surface area contributed by atoms with Crippen LogP contribution in [0.5, 0.6) is 11.5 Å². The van der Waals surface area contributed by atoms with Crippen LogP contribution in [0, 0.1) is 0 Å². The van der Waals surface area contributed by atoms with Gasteiger partial charge in [0.15, 0.2) is 11.5 Å². The van der Waals surface area contributed by atoms with Gasteiger partial charge in [-0.25, -0.2) is 0 Å². The van der Waals surface area contributed by atoms with Crippen molar-refractivity contribution in [3.63, 3.8) is 0 Å². The molecule has 0 radical (unpaired) electrons. The molecule has 27 heavy (non-hydrogen) atoms. The van der Waals surface area contributed by atoms with Gasteiger partial charge in [-0.2, -0.15) is 9.61 Å². The molecule has 0 aliphatic heterocycles. The third kappa shape index (κ3) is 3.32. The molecule has 2 aromatic heterocycles. The van der Waals surface area contributed by atoms with Crippen LogP contribution in [-0.4, -0.2) is 39.9 Å². The predicted molar refractivity (Wildman–Crippen MR) is 102 cm³/mol. The summed E-state index contributed by atoms with van der Waals surface area (Å²) in [6.45, 7) is 0. The number of anilines is 1. The second-order valence-electron chi connectivity index (χ2n) is 5.57. The Balaban J connectivity index is 1.51. The van der Waals surface area contributed by atoms with Gasteiger partial charge in [0.25, 0.3) is 5.91 Å². The first-order chi connectivity index (χ1) is 13.2. The summed E-state index contributed by atoms with van der Waals surface area (Å²) in [4.78, 5) is 13.2. The van der Waals surface area contributed by atoms with E-state index in [-0.39, 0.29) is 5.91 Å². The number of benzene rings is 2. The number of rotatable bonds is 5. The molecule has 2 heterocycles. The number of ether oxygens (including phenoxy) is 2. The van der Waals surface area contributed by atoms with Crippen LogP contribution >= 0.6 is 11.3 Å². The molecule has 0 aliphatic carbocycles. The molecule has 4 rings (SSSR count). The second kappa shape index (κ2) is 7.04. The van der Waals surface area contributed by atoms with Crippen LogP contribution in [0.25, 0.3) is 15.5 Å². The van der Waals surface area contributed by atoms with Crippen LogP contribution in [0.4, 0.5) is 5.69 Å². The first-order valence-electron chi connectivity index (χ1n) is 7.98. The number of fused-ring (bicyclic) bond motifs is 1. The van der Waals surface area contributed by atoms with Crippen molar-refractivity contribution in [3.8, 4) is 22.1 Å². The highest BCUT2D eigenvalue weighted by Gasteiger charge is 2.12. The molecule has 0 aliphatic rings. The Hall–Kier alpha value is -3.46. The second-order valence-corrected chi connectivity index (χ2v) is 6.52. The van der Waals surface area contributed by atoms with E-state index >= 15 is 0 Å². The highest BCUT2D eigenvalue weighted by Crippen LogP contribution is 2.28. The Labute approximate surface area is 158 Å². The van der Waals surface area contributed by atoms with Gasteiger partial charge in [-0.3, -0.25) is 4.79 Å². The molecule has 4 aromatic rings. The van der Waals surface area contributed by atoms with Gasteiger partial charge in [0, 0.05) is 16.8 Å². The van der Waals surface area contributed by atoms with Gasteiger partial charge in [-0.15, -0.1) is 10.2 Å². The molecule has 136 valence electrons. The summed E-state index contributed by atoms with van der Waals surface area (Å²) in [5.41, 5.74) is 2.10. The normalized spacial score (nSPS) is 10.7. The number of methoxy groups -OCH3 is 2. The fraction of sp³-hybridized carbons (Fsp3) is 0.111. The topological polar surface area (TPSA) is 90.6 Å². The Bertz CT molecular complexity index is 1080. The fourth-order valence-electron chi connectivity index (χ4n) is 2.55. The number of carbonyl (C=O) groups excluding carboxylic acids is 1. The molecule has 0 bridgehead atoms. The van der Waals surface area contributed by atoms with Crippen molar-refractivity contribution in [2.24, 2.45) is 0 Å². The average Bonchev–Trinajstić information content (AvgIpc) is 3.30. The summed E-state index contributed by atoms with van der Waals surface area (Å²) in [7, 11) is 3.08. The van der Waals surface area contributed by atoms with Gasteiger partial charge in [-0.05, 0) is 42.5 Å². The van der Waals surface area contributed by atoms with Gasteiger partial charge in [0.2, 0.25) is 4.96 Å². The molecule has 1 amide bonds. The highest BCUT2D eigenvalue weighted by atomic mass is 32.1. The number of carbonyl (C=O) groups is 1. The third-order valence-corrected chi connectivity index (χ3v) is 4.88. The van der Waals surface area contributed by atoms with E-state index < -0.39 is 0 Å². The fourth-order valence-corrected chi connectivity index (χ4v) is 3.38. The van der Waals surface area contributed by atoms with Crippen molar-refractivity contribution in [2.75, 3.05) is 19.5 Å². The summed E-state index contributed by atoms with van der Waals surface area (Å²) in [5.74, 6) is 0.842. The Morgan fingerprint density at radius 3 is 2.56 bits per heavy atom. The number of hydrogen-bond donors (Lipinski definition) is 1. The van der Waals surface area contributed by atoms with E-state index in [4.69, 9.17) is 9.47 Å². The number of nitrogens with one attached hydrogen (secondary N) is 1. The minimum absolute atomic E-state index is 0.234. The summed E-state index contributed by atoms with van der Waals surface area (Å²) < 4.78 is 12.1. The molecule has 9 heteroatoms. The van der Waals surface area contributed by atoms with Crippen LogP contribution in [-0.2, 0) is 0 Å². The number of hydrogen-bond acceptors (Lipinski definition) is 7. The van der Waals surface area contributed by atoms with Crippen LogP contribution in [0.2, 0.25) is 0 Å². The maximum Gasteiger partial charge on any atom is 0.255 e. The van der Waals surface area contributed by atoms with Crippen LogP contribution in [0.15, 0.2) is 48.8 Å². The largest absolute Gasteiger partial charge is 0.493 e. The number of nitrogens with zero attached hydrogens (tertiary/aromatic N) is 4. The van der Waals surface area contributed by atoms with E-state index in [2.05, 4.69) is 20.6 Å². The van der Waals surface area contributed by atoms with E-state index in [1.165, 1.54) is 18.4 Å². The minimum atomic E-state index is -0.234. The SMILES string of the molecule is COc1ccc(C(=O)Nc2ccc(-c3nn4cnnc4s3)cc2)cc1OC. The smallest absolute Gasteiger partial charge is 0.255 e. The van der Waals surface area contributed by atoms with Crippen molar-refractivity contribution in [3.05, 3.63) is 54.4 Å².